The molecule has 1 amide bonds. The first-order valence-electron chi connectivity index (χ1n) is 8.86. The lowest BCUT2D eigenvalue weighted by Gasteiger charge is -2.43. The standard InChI is InChI=1S/C19H24BrN3O2/c1-18(2,3)25-17(24)23-13-7-5-11(9-13)19(23,4)16-21-14-8-6-12(20)10-15(14)22-16/h6,8,10-11,13H,5,7,9H2,1-4H3,(H,21,22)/t11-,13+,19?/m0/s1. The number of fused-ring (bicyclic) bond motifs is 3. The molecule has 3 atom stereocenters. The van der Waals surface area contributed by atoms with E-state index in [-0.39, 0.29) is 12.1 Å². The van der Waals surface area contributed by atoms with Gasteiger partial charge in [0, 0.05) is 10.5 Å². The van der Waals surface area contributed by atoms with Crippen LogP contribution in [0, 0.1) is 5.92 Å². The summed E-state index contributed by atoms with van der Waals surface area (Å²) in [6.07, 6.45) is 2.96. The average molecular weight is 406 g/mol. The van der Waals surface area contributed by atoms with Gasteiger partial charge in [-0.15, -0.1) is 0 Å². The zero-order valence-corrected chi connectivity index (χ0v) is 16.7. The Morgan fingerprint density at radius 3 is 2.88 bits per heavy atom. The monoisotopic (exact) mass is 405 g/mol. The maximum absolute atomic E-state index is 13.0. The highest BCUT2D eigenvalue weighted by Gasteiger charge is 2.59. The van der Waals surface area contributed by atoms with Gasteiger partial charge in [-0.05, 0) is 71.1 Å². The van der Waals surface area contributed by atoms with E-state index in [2.05, 4.69) is 27.8 Å². The molecule has 1 aromatic heterocycles. The van der Waals surface area contributed by atoms with Crippen LogP contribution in [-0.4, -0.2) is 32.6 Å². The molecule has 5 nitrogen and oxygen atoms in total. The van der Waals surface area contributed by atoms with E-state index in [4.69, 9.17) is 9.72 Å². The number of ether oxygens (including phenoxy) is 1. The van der Waals surface area contributed by atoms with Gasteiger partial charge in [0.25, 0.3) is 0 Å². The van der Waals surface area contributed by atoms with Gasteiger partial charge in [0.15, 0.2) is 0 Å². The highest BCUT2D eigenvalue weighted by atomic mass is 79.9. The molecule has 1 aliphatic carbocycles. The molecule has 1 aliphatic heterocycles. The SMILES string of the molecule is CC(C)(C)OC(=O)N1[C@@H]2CC[C@@H](C2)C1(C)c1nc2ccc(Br)cc2[nH]1. The summed E-state index contributed by atoms with van der Waals surface area (Å²) in [4.78, 5) is 23.2. The Labute approximate surface area is 156 Å². The van der Waals surface area contributed by atoms with Crippen molar-refractivity contribution >= 4 is 33.1 Å². The first kappa shape index (κ1) is 16.9. The number of H-pyrrole nitrogens is 1. The highest BCUT2D eigenvalue weighted by Crippen LogP contribution is 2.54. The van der Waals surface area contributed by atoms with Crippen molar-refractivity contribution in [1.29, 1.82) is 0 Å². The van der Waals surface area contributed by atoms with E-state index < -0.39 is 11.1 Å². The van der Waals surface area contributed by atoms with Crippen molar-refractivity contribution in [2.75, 3.05) is 0 Å². The third-order valence-electron chi connectivity index (χ3n) is 5.58. The van der Waals surface area contributed by atoms with Crippen LogP contribution in [0.3, 0.4) is 0 Å². The van der Waals surface area contributed by atoms with E-state index in [9.17, 15) is 4.79 Å². The number of piperidine rings is 1. The maximum atomic E-state index is 13.0. The summed E-state index contributed by atoms with van der Waals surface area (Å²) in [6, 6.07) is 6.25. The fraction of sp³-hybridized carbons (Fsp3) is 0.579. The quantitative estimate of drug-likeness (QED) is 0.728. The summed E-state index contributed by atoms with van der Waals surface area (Å²) >= 11 is 3.51. The Morgan fingerprint density at radius 2 is 2.16 bits per heavy atom. The second-order valence-electron chi connectivity index (χ2n) is 8.41. The van der Waals surface area contributed by atoms with Crippen LogP contribution in [0.5, 0.6) is 0 Å². The summed E-state index contributed by atoms with van der Waals surface area (Å²) in [7, 11) is 0. The lowest BCUT2D eigenvalue weighted by atomic mass is 9.84. The predicted octanol–water partition coefficient (Wildman–Crippen LogP) is 4.96. The molecule has 2 fully saturated rings. The lowest BCUT2D eigenvalue weighted by Crippen LogP contribution is -2.53. The molecule has 134 valence electrons. The fourth-order valence-corrected chi connectivity index (χ4v) is 4.82. The van der Waals surface area contributed by atoms with Gasteiger partial charge in [0.1, 0.15) is 17.0 Å². The molecule has 1 aromatic carbocycles. The molecule has 1 saturated heterocycles. The summed E-state index contributed by atoms with van der Waals surface area (Å²) in [5.41, 5.74) is 0.957. The van der Waals surface area contributed by atoms with Crippen molar-refractivity contribution < 1.29 is 9.53 Å². The number of imidazole rings is 1. The number of amides is 1. The number of hydrogen-bond acceptors (Lipinski definition) is 3. The minimum Gasteiger partial charge on any atom is -0.444 e. The maximum Gasteiger partial charge on any atom is 0.411 e. The van der Waals surface area contributed by atoms with E-state index in [0.717, 1.165) is 40.6 Å². The molecular weight excluding hydrogens is 382 g/mol. The molecule has 6 heteroatoms. The van der Waals surface area contributed by atoms with Gasteiger partial charge < -0.3 is 9.72 Å². The van der Waals surface area contributed by atoms with Crippen LogP contribution in [0.2, 0.25) is 0 Å². The number of benzene rings is 1. The number of rotatable bonds is 1. The predicted molar refractivity (Wildman–Crippen MR) is 100 cm³/mol. The van der Waals surface area contributed by atoms with Crippen LogP contribution >= 0.6 is 15.9 Å². The number of likely N-dealkylation sites (tertiary alicyclic amines) is 1. The van der Waals surface area contributed by atoms with Crippen molar-refractivity contribution in [1.82, 2.24) is 14.9 Å². The molecule has 1 unspecified atom stereocenters. The summed E-state index contributed by atoms with van der Waals surface area (Å²) in [6.45, 7) is 7.87. The lowest BCUT2D eigenvalue weighted by molar-refractivity contribution is -0.0174. The number of aromatic nitrogens is 2. The molecule has 1 saturated carbocycles. The Bertz CT molecular complexity index is 841. The van der Waals surface area contributed by atoms with E-state index in [1.807, 2.05) is 43.9 Å². The summed E-state index contributed by atoms with van der Waals surface area (Å²) < 4.78 is 6.73. The molecule has 0 spiro atoms. The van der Waals surface area contributed by atoms with E-state index >= 15 is 0 Å². The van der Waals surface area contributed by atoms with E-state index in [1.165, 1.54) is 0 Å². The topological polar surface area (TPSA) is 58.2 Å². The van der Waals surface area contributed by atoms with Gasteiger partial charge in [0.2, 0.25) is 0 Å². The minimum atomic E-state index is -0.501. The second-order valence-corrected chi connectivity index (χ2v) is 9.32. The Balaban J connectivity index is 1.77. The van der Waals surface area contributed by atoms with Crippen LogP contribution in [0.25, 0.3) is 11.0 Å². The Kier molecular flexibility index (Phi) is 3.69. The summed E-state index contributed by atoms with van der Waals surface area (Å²) in [5, 5.41) is 0. The van der Waals surface area contributed by atoms with E-state index in [1.54, 1.807) is 0 Å². The van der Waals surface area contributed by atoms with Gasteiger partial charge in [-0.2, -0.15) is 0 Å². The van der Waals surface area contributed by atoms with Crippen molar-refractivity contribution in [3.8, 4) is 0 Å². The van der Waals surface area contributed by atoms with Crippen LogP contribution in [0.15, 0.2) is 22.7 Å². The van der Waals surface area contributed by atoms with Crippen molar-refractivity contribution in [3.63, 3.8) is 0 Å². The number of aromatic amines is 1. The third kappa shape index (κ3) is 2.65. The molecule has 1 N–H and O–H groups in total. The Morgan fingerprint density at radius 1 is 1.40 bits per heavy atom. The number of hydrogen-bond donors (Lipinski definition) is 1. The normalized spacial score (nSPS) is 28.8. The first-order chi connectivity index (χ1) is 11.7. The van der Waals surface area contributed by atoms with Crippen LogP contribution in [0.4, 0.5) is 4.79 Å². The fourth-order valence-electron chi connectivity index (χ4n) is 4.46. The van der Waals surface area contributed by atoms with Gasteiger partial charge in [0.05, 0.1) is 11.0 Å². The molecule has 2 aliphatic rings. The number of nitrogens with one attached hydrogen (secondary N) is 1. The molecular formula is C19H24BrN3O2. The first-order valence-corrected chi connectivity index (χ1v) is 9.66. The van der Waals surface area contributed by atoms with Crippen LogP contribution < -0.4 is 0 Å². The van der Waals surface area contributed by atoms with Crippen LogP contribution in [-0.2, 0) is 10.3 Å². The van der Waals surface area contributed by atoms with Gasteiger partial charge >= 0.3 is 6.09 Å². The third-order valence-corrected chi connectivity index (χ3v) is 6.07. The van der Waals surface area contributed by atoms with Gasteiger partial charge in [-0.25, -0.2) is 9.78 Å². The number of carbonyl (C=O) groups is 1. The van der Waals surface area contributed by atoms with Crippen LogP contribution in [0.1, 0.15) is 52.8 Å². The van der Waals surface area contributed by atoms with Crippen molar-refractivity contribution in [2.24, 2.45) is 5.92 Å². The zero-order chi connectivity index (χ0) is 18.0. The zero-order valence-electron chi connectivity index (χ0n) is 15.1. The minimum absolute atomic E-state index is 0.233. The number of nitrogens with zero attached hydrogens (tertiary/aromatic N) is 2. The molecule has 2 aromatic rings. The van der Waals surface area contributed by atoms with Crippen molar-refractivity contribution in [2.45, 2.75) is 64.1 Å². The second kappa shape index (κ2) is 5.47. The number of halogens is 1. The molecule has 2 bridgehead atoms. The smallest absolute Gasteiger partial charge is 0.411 e. The highest BCUT2D eigenvalue weighted by molar-refractivity contribution is 9.10. The largest absolute Gasteiger partial charge is 0.444 e. The van der Waals surface area contributed by atoms with Gasteiger partial charge in [-0.1, -0.05) is 15.9 Å². The Hall–Kier alpha value is -1.56. The van der Waals surface area contributed by atoms with Crippen molar-refractivity contribution in [3.05, 3.63) is 28.5 Å². The molecule has 25 heavy (non-hydrogen) atoms. The molecule has 2 heterocycles. The van der Waals surface area contributed by atoms with Gasteiger partial charge in [-0.3, -0.25) is 4.90 Å². The molecule has 0 radical (unpaired) electrons. The van der Waals surface area contributed by atoms with E-state index in [0.29, 0.717) is 5.92 Å². The molecule has 4 rings (SSSR count). The number of carbonyl (C=O) groups excluding carboxylic acids is 1. The summed E-state index contributed by atoms with van der Waals surface area (Å²) in [5.74, 6) is 1.27. The average Bonchev–Trinajstić information content (AvgIpc) is 3.17.